The van der Waals surface area contributed by atoms with Crippen molar-refractivity contribution in [2.45, 2.75) is 43.9 Å². The van der Waals surface area contributed by atoms with Gasteiger partial charge in [0.15, 0.2) is 0 Å². The van der Waals surface area contributed by atoms with E-state index in [1.165, 1.54) is 5.56 Å². The zero-order valence-electron chi connectivity index (χ0n) is 12.5. The molecule has 0 saturated heterocycles. The van der Waals surface area contributed by atoms with Crippen LogP contribution in [0.15, 0.2) is 30.3 Å². The minimum absolute atomic E-state index is 0.114. The first-order valence-electron chi connectivity index (χ1n) is 7.55. The van der Waals surface area contributed by atoms with Crippen molar-refractivity contribution >= 4 is 11.9 Å². The number of hydrogen-bond donors (Lipinski definition) is 1. The molecule has 0 unspecified atom stereocenters. The largest absolute Gasteiger partial charge is 0.481 e. The second-order valence-corrected chi connectivity index (χ2v) is 6.00. The Bertz CT molecular complexity index is 494. The molecule has 1 saturated carbocycles. The van der Waals surface area contributed by atoms with Crippen molar-refractivity contribution in [3.05, 3.63) is 35.9 Å². The molecule has 0 atom stereocenters. The van der Waals surface area contributed by atoms with Crippen molar-refractivity contribution in [3.8, 4) is 0 Å². The van der Waals surface area contributed by atoms with Gasteiger partial charge in [-0.25, -0.2) is 0 Å². The first-order valence-corrected chi connectivity index (χ1v) is 7.55. The molecule has 1 aliphatic rings. The first kappa shape index (κ1) is 15.5. The number of unbranched alkanes of at least 4 members (excludes halogenated alkanes) is 1. The number of amides is 1. The molecule has 1 aliphatic carbocycles. The van der Waals surface area contributed by atoms with E-state index in [-0.39, 0.29) is 17.7 Å². The molecule has 21 heavy (non-hydrogen) atoms. The van der Waals surface area contributed by atoms with Gasteiger partial charge in [-0.05, 0) is 31.2 Å². The SMILES string of the molecule is CN(CC1(c2ccccc2)CC1)C(=O)CCCCC(=O)O. The van der Waals surface area contributed by atoms with Crippen LogP contribution in [-0.4, -0.2) is 35.5 Å². The number of likely N-dealkylation sites (N-methyl/N-ethyl adjacent to an activating group) is 1. The van der Waals surface area contributed by atoms with Crippen LogP contribution >= 0.6 is 0 Å². The summed E-state index contributed by atoms with van der Waals surface area (Å²) in [5, 5.41) is 8.58. The van der Waals surface area contributed by atoms with Gasteiger partial charge in [0.2, 0.25) is 5.91 Å². The molecule has 4 heteroatoms. The highest BCUT2D eigenvalue weighted by atomic mass is 16.4. The third-order valence-electron chi connectivity index (χ3n) is 4.24. The van der Waals surface area contributed by atoms with Crippen LogP contribution in [0.1, 0.15) is 44.1 Å². The summed E-state index contributed by atoms with van der Waals surface area (Å²) >= 11 is 0. The lowest BCUT2D eigenvalue weighted by Crippen LogP contribution is -2.34. The van der Waals surface area contributed by atoms with Crippen molar-refractivity contribution in [2.75, 3.05) is 13.6 Å². The molecule has 0 bridgehead atoms. The maximum absolute atomic E-state index is 12.1. The van der Waals surface area contributed by atoms with E-state index in [4.69, 9.17) is 5.11 Å². The molecular formula is C17H23NO3. The Kier molecular flexibility index (Phi) is 4.99. The summed E-state index contributed by atoms with van der Waals surface area (Å²) in [6.45, 7) is 0.759. The van der Waals surface area contributed by atoms with Crippen molar-refractivity contribution in [1.82, 2.24) is 4.90 Å². The quantitative estimate of drug-likeness (QED) is 0.749. The fourth-order valence-electron chi connectivity index (χ4n) is 2.77. The number of rotatable bonds is 8. The van der Waals surface area contributed by atoms with Gasteiger partial charge in [-0.15, -0.1) is 0 Å². The fraction of sp³-hybridized carbons (Fsp3) is 0.529. The molecule has 1 N–H and O–H groups in total. The maximum atomic E-state index is 12.1. The van der Waals surface area contributed by atoms with Crippen LogP contribution in [0.25, 0.3) is 0 Å². The Hall–Kier alpha value is -1.84. The van der Waals surface area contributed by atoms with Crippen LogP contribution in [-0.2, 0) is 15.0 Å². The third kappa shape index (κ3) is 4.31. The van der Waals surface area contributed by atoms with Crippen molar-refractivity contribution in [1.29, 1.82) is 0 Å². The first-order chi connectivity index (χ1) is 10.0. The topological polar surface area (TPSA) is 57.6 Å². The second kappa shape index (κ2) is 6.74. The highest BCUT2D eigenvalue weighted by Gasteiger charge is 2.45. The lowest BCUT2D eigenvalue weighted by Gasteiger charge is -2.24. The lowest BCUT2D eigenvalue weighted by atomic mass is 9.95. The maximum Gasteiger partial charge on any atom is 0.303 e. The van der Waals surface area contributed by atoms with Gasteiger partial charge in [0.05, 0.1) is 0 Å². The average molecular weight is 289 g/mol. The second-order valence-electron chi connectivity index (χ2n) is 6.00. The van der Waals surface area contributed by atoms with E-state index < -0.39 is 5.97 Å². The van der Waals surface area contributed by atoms with Crippen molar-refractivity contribution in [2.24, 2.45) is 0 Å². The van der Waals surface area contributed by atoms with Crippen LogP contribution in [0.4, 0.5) is 0 Å². The molecule has 1 fully saturated rings. The summed E-state index contributed by atoms with van der Waals surface area (Å²) in [6.07, 6.45) is 4.06. The predicted octanol–water partition coefficient (Wildman–Crippen LogP) is 2.82. The average Bonchev–Trinajstić information content (AvgIpc) is 3.25. The molecule has 114 valence electrons. The van der Waals surface area contributed by atoms with Crippen molar-refractivity contribution in [3.63, 3.8) is 0 Å². The Labute approximate surface area is 125 Å². The van der Waals surface area contributed by atoms with Crippen LogP contribution in [0, 0.1) is 0 Å². The summed E-state index contributed by atoms with van der Waals surface area (Å²) in [4.78, 5) is 24.3. The van der Waals surface area contributed by atoms with E-state index in [2.05, 4.69) is 12.1 Å². The van der Waals surface area contributed by atoms with Gasteiger partial charge >= 0.3 is 5.97 Å². The summed E-state index contributed by atoms with van der Waals surface area (Å²) in [5.74, 6) is -0.681. The minimum atomic E-state index is -0.795. The number of carbonyl (C=O) groups excluding carboxylic acids is 1. The van der Waals surface area contributed by atoms with E-state index in [0.717, 1.165) is 19.4 Å². The summed E-state index contributed by atoms with van der Waals surface area (Å²) in [7, 11) is 1.85. The molecule has 1 aromatic rings. The van der Waals surface area contributed by atoms with E-state index in [1.807, 2.05) is 25.2 Å². The Morgan fingerprint density at radius 1 is 1.14 bits per heavy atom. The summed E-state index contributed by atoms with van der Waals surface area (Å²) < 4.78 is 0. The zero-order chi connectivity index (χ0) is 15.3. The highest BCUT2D eigenvalue weighted by molar-refractivity contribution is 5.76. The van der Waals surface area contributed by atoms with E-state index in [9.17, 15) is 9.59 Å². The molecular weight excluding hydrogens is 266 g/mol. The Balaban J connectivity index is 1.80. The molecule has 0 aliphatic heterocycles. The molecule has 0 spiro atoms. The molecule has 0 radical (unpaired) electrons. The number of benzene rings is 1. The molecule has 1 aromatic carbocycles. The highest BCUT2D eigenvalue weighted by Crippen LogP contribution is 2.48. The number of hydrogen-bond acceptors (Lipinski definition) is 2. The standard InChI is InChI=1S/C17H23NO3/c1-18(15(19)9-5-6-10-16(20)21)13-17(11-12-17)14-7-3-2-4-8-14/h2-4,7-8H,5-6,9-13H2,1H3,(H,20,21). The Morgan fingerprint density at radius 2 is 1.76 bits per heavy atom. The third-order valence-corrected chi connectivity index (χ3v) is 4.24. The van der Waals surface area contributed by atoms with Gasteiger partial charge in [-0.3, -0.25) is 9.59 Å². The van der Waals surface area contributed by atoms with Crippen molar-refractivity contribution < 1.29 is 14.7 Å². The number of aliphatic carboxylic acids is 1. The van der Waals surface area contributed by atoms with Gasteiger partial charge in [0, 0.05) is 31.8 Å². The zero-order valence-corrected chi connectivity index (χ0v) is 12.5. The molecule has 1 amide bonds. The lowest BCUT2D eigenvalue weighted by molar-refractivity contribution is -0.137. The Morgan fingerprint density at radius 3 is 2.33 bits per heavy atom. The van der Waals surface area contributed by atoms with Gasteiger partial charge < -0.3 is 10.0 Å². The van der Waals surface area contributed by atoms with Gasteiger partial charge in [-0.2, -0.15) is 0 Å². The smallest absolute Gasteiger partial charge is 0.303 e. The molecule has 2 rings (SSSR count). The van der Waals surface area contributed by atoms with Gasteiger partial charge in [-0.1, -0.05) is 30.3 Å². The number of carbonyl (C=O) groups is 2. The minimum Gasteiger partial charge on any atom is -0.481 e. The number of carboxylic acid groups (broad SMARTS) is 1. The van der Waals surface area contributed by atoms with E-state index in [0.29, 0.717) is 19.3 Å². The van der Waals surface area contributed by atoms with Gasteiger partial charge in [0.1, 0.15) is 0 Å². The van der Waals surface area contributed by atoms with Crippen LogP contribution < -0.4 is 0 Å². The van der Waals surface area contributed by atoms with Gasteiger partial charge in [0.25, 0.3) is 0 Å². The summed E-state index contributed by atoms with van der Waals surface area (Å²) in [5.41, 5.74) is 1.46. The van der Waals surface area contributed by atoms with E-state index in [1.54, 1.807) is 4.90 Å². The van der Waals surface area contributed by atoms with Crippen LogP contribution in [0.3, 0.4) is 0 Å². The van der Waals surface area contributed by atoms with Crippen LogP contribution in [0.2, 0.25) is 0 Å². The molecule has 0 heterocycles. The summed E-state index contributed by atoms with van der Waals surface area (Å²) in [6, 6.07) is 10.4. The predicted molar refractivity (Wildman–Crippen MR) is 81.1 cm³/mol. The normalized spacial score (nSPS) is 15.5. The molecule has 0 aromatic heterocycles. The van der Waals surface area contributed by atoms with E-state index >= 15 is 0 Å². The van der Waals surface area contributed by atoms with Crippen LogP contribution in [0.5, 0.6) is 0 Å². The monoisotopic (exact) mass is 289 g/mol. The molecule has 4 nitrogen and oxygen atoms in total. The number of carboxylic acids is 1. The number of nitrogens with zero attached hydrogens (tertiary/aromatic N) is 1. The fourth-order valence-corrected chi connectivity index (χ4v) is 2.77.